The van der Waals surface area contributed by atoms with Crippen LogP contribution in [-0.2, 0) is 5.75 Å². The molecule has 0 saturated heterocycles. The Labute approximate surface area is 162 Å². The third-order valence-electron chi connectivity index (χ3n) is 4.55. The predicted octanol–water partition coefficient (Wildman–Crippen LogP) is 3.86. The van der Waals surface area contributed by atoms with Gasteiger partial charge in [0.25, 0.3) is 5.56 Å². The van der Waals surface area contributed by atoms with Crippen LogP contribution in [0.2, 0.25) is 0 Å². The van der Waals surface area contributed by atoms with Crippen LogP contribution in [0.1, 0.15) is 17.0 Å². The van der Waals surface area contributed by atoms with Crippen LogP contribution >= 0.6 is 23.1 Å². The van der Waals surface area contributed by atoms with Crippen LogP contribution in [0.25, 0.3) is 21.5 Å². The normalized spacial score (nSPS) is 11.8. The van der Waals surface area contributed by atoms with Crippen LogP contribution in [0.4, 0.5) is 0 Å². The van der Waals surface area contributed by atoms with Crippen LogP contribution in [0.3, 0.4) is 0 Å². The van der Waals surface area contributed by atoms with E-state index in [1.807, 2.05) is 30.5 Å². The van der Waals surface area contributed by atoms with E-state index in [4.69, 9.17) is 0 Å². The number of aromatic nitrogens is 5. The van der Waals surface area contributed by atoms with Crippen LogP contribution < -0.4 is 5.56 Å². The molecule has 6 nitrogen and oxygen atoms in total. The average Bonchev–Trinajstić information content (AvgIpc) is 3.24. The monoisotopic (exact) mass is 393 g/mol. The van der Waals surface area contributed by atoms with Gasteiger partial charge < -0.3 is 0 Å². The molecule has 5 rings (SSSR count). The van der Waals surface area contributed by atoms with Crippen molar-refractivity contribution in [1.82, 2.24) is 24.0 Å². The first kappa shape index (κ1) is 16.5. The Morgan fingerprint density at radius 2 is 1.96 bits per heavy atom. The maximum absolute atomic E-state index is 12.4. The molecular weight excluding hydrogens is 378 g/mol. The molecule has 0 atom stereocenters. The number of pyridine rings is 1. The fraction of sp³-hybridized carbons (Fsp3) is 0.158. The van der Waals surface area contributed by atoms with Crippen LogP contribution in [0.15, 0.2) is 51.7 Å². The zero-order valence-electron chi connectivity index (χ0n) is 14.7. The molecular formula is C19H15N5OS2. The van der Waals surface area contributed by atoms with Gasteiger partial charge in [-0.05, 0) is 31.5 Å². The van der Waals surface area contributed by atoms with E-state index < -0.39 is 0 Å². The number of thioether (sulfide) groups is 1. The lowest BCUT2D eigenvalue weighted by Gasteiger charge is -2.07. The number of thiazole rings is 1. The maximum atomic E-state index is 12.4. The number of nitrogens with zero attached hydrogens (tertiary/aromatic N) is 5. The first-order valence-corrected chi connectivity index (χ1v) is 10.3. The fourth-order valence-electron chi connectivity index (χ4n) is 3.28. The van der Waals surface area contributed by atoms with Gasteiger partial charge in [0.2, 0.25) is 0 Å². The molecule has 0 aliphatic carbocycles. The lowest BCUT2D eigenvalue weighted by Crippen LogP contribution is -2.14. The first-order chi connectivity index (χ1) is 13.1. The molecule has 0 aliphatic rings. The molecule has 0 N–H and O–H groups in total. The Morgan fingerprint density at radius 1 is 1.11 bits per heavy atom. The molecule has 0 amide bonds. The van der Waals surface area contributed by atoms with E-state index in [-0.39, 0.29) is 5.56 Å². The van der Waals surface area contributed by atoms with Gasteiger partial charge in [-0.15, -0.1) is 21.5 Å². The Kier molecular flexibility index (Phi) is 3.76. The Balaban J connectivity index is 1.56. The third kappa shape index (κ3) is 2.64. The zero-order valence-corrected chi connectivity index (χ0v) is 16.3. The fourth-order valence-corrected chi connectivity index (χ4v) is 5.02. The molecule has 4 heterocycles. The van der Waals surface area contributed by atoms with E-state index in [1.165, 1.54) is 34.0 Å². The lowest BCUT2D eigenvalue weighted by molar-refractivity contribution is 0.936. The third-order valence-corrected chi connectivity index (χ3v) is 6.46. The topological polar surface area (TPSA) is 64.6 Å². The molecule has 0 fully saturated rings. The van der Waals surface area contributed by atoms with Crippen molar-refractivity contribution >= 4 is 44.6 Å². The van der Waals surface area contributed by atoms with E-state index in [0.29, 0.717) is 5.75 Å². The number of rotatable bonds is 3. The van der Waals surface area contributed by atoms with Crippen molar-refractivity contribution in [3.05, 3.63) is 69.1 Å². The zero-order chi connectivity index (χ0) is 18.5. The van der Waals surface area contributed by atoms with Gasteiger partial charge in [-0.25, -0.2) is 4.98 Å². The van der Waals surface area contributed by atoms with Gasteiger partial charge in [0.15, 0.2) is 15.8 Å². The van der Waals surface area contributed by atoms with Crippen molar-refractivity contribution in [2.75, 3.05) is 0 Å². The van der Waals surface area contributed by atoms with Gasteiger partial charge in [0, 0.05) is 28.3 Å². The summed E-state index contributed by atoms with van der Waals surface area (Å²) in [7, 11) is 0. The van der Waals surface area contributed by atoms with Crippen molar-refractivity contribution in [3.8, 4) is 0 Å². The first-order valence-electron chi connectivity index (χ1n) is 8.45. The van der Waals surface area contributed by atoms with Gasteiger partial charge >= 0.3 is 0 Å². The molecule has 0 unspecified atom stereocenters. The molecule has 27 heavy (non-hydrogen) atoms. The lowest BCUT2D eigenvalue weighted by atomic mass is 10.1. The number of para-hydroxylation sites is 1. The number of aryl methyl sites for hydroxylation is 2. The highest BCUT2D eigenvalue weighted by atomic mass is 32.2. The van der Waals surface area contributed by atoms with Gasteiger partial charge in [-0.1, -0.05) is 30.0 Å². The van der Waals surface area contributed by atoms with Gasteiger partial charge in [-0.3, -0.25) is 13.6 Å². The second-order valence-electron chi connectivity index (χ2n) is 6.39. The number of fused-ring (bicyclic) bond motifs is 4. The van der Waals surface area contributed by atoms with Crippen LogP contribution in [0, 0.1) is 13.8 Å². The van der Waals surface area contributed by atoms with E-state index in [0.717, 1.165) is 32.7 Å². The summed E-state index contributed by atoms with van der Waals surface area (Å²) < 4.78 is 3.70. The Morgan fingerprint density at radius 3 is 2.85 bits per heavy atom. The van der Waals surface area contributed by atoms with Gasteiger partial charge in [0.05, 0.1) is 11.2 Å². The standard InChI is InChI=1S/C19H15N5OS2/c1-11-7-16-21-22-19(24(16)15-6-4-3-5-14(11)15)27-10-13-8-17(25)23-12(2)9-26-18(23)20-13/h3-9H,10H2,1-2H3. The highest BCUT2D eigenvalue weighted by molar-refractivity contribution is 7.98. The average molecular weight is 393 g/mol. The number of benzene rings is 1. The largest absolute Gasteiger partial charge is 0.270 e. The summed E-state index contributed by atoms with van der Waals surface area (Å²) in [4.78, 5) is 17.7. The SMILES string of the molecule is Cc1cc2nnc(SCc3cc(=O)n4c(C)csc4n3)n2c2ccccc12. The minimum absolute atomic E-state index is 0.0403. The second kappa shape index (κ2) is 6.17. The number of hydrogen-bond donors (Lipinski definition) is 0. The minimum Gasteiger partial charge on any atom is -0.270 e. The second-order valence-corrected chi connectivity index (χ2v) is 8.17. The summed E-state index contributed by atoms with van der Waals surface area (Å²) in [5.41, 5.74) is 4.71. The summed E-state index contributed by atoms with van der Waals surface area (Å²) >= 11 is 3.02. The van der Waals surface area contributed by atoms with E-state index in [1.54, 1.807) is 10.5 Å². The maximum Gasteiger partial charge on any atom is 0.258 e. The van der Waals surface area contributed by atoms with Crippen molar-refractivity contribution < 1.29 is 0 Å². The van der Waals surface area contributed by atoms with Crippen molar-refractivity contribution in [3.63, 3.8) is 0 Å². The summed E-state index contributed by atoms with van der Waals surface area (Å²) in [6.07, 6.45) is 0. The van der Waals surface area contributed by atoms with Crippen molar-refractivity contribution in [2.45, 2.75) is 24.8 Å². The van der Waals surface area contributed by atoms with E-state index >= 15 is 0 Å². The molecule has 0 saturated carbocycles. The van der Waals surface area contributed by atoms with Crippen molar-refractivity contribution in [2.24, 2.45) is 0 Å². The quantitative estimate of drug-likeness (QED) is 0.436. The van der Waals surface area contributed by atoms with E-state index in [9.17, 15) is 4.79 Å². The highest BCUT2D eigenvalue weighted by Gasteiger charge is 2.13. The molecule has 0 spiro atoms. The summed E-state index contributed by atoms with van der Waals surface area (Å²) in [5.74, 6) is 0.561. The summed E-state index contributed by atoms with van der Waals surface area (Å²) in [6.45, 7) is 4.00. The highest BCUT2D eigenvalue weighted by Crippen LogP contribution is 2.27. The summed E-state index contributed by atoms with van der Waals surface area (Å²) in [6, 6.07) is 11.9. The van der Waals surface area contributed by atoms with Crippen molar-refractivity contribution in [1.29, 1.82) is 0 Å². The molecule has 8 heteroatoms. The Hall–Kier alpha value is -2.71. The van der Waals surface area contributed by atoms with Crippen LogP contribution in [0.5, 0.6) is 0 Å². The molecule has 0 radical (unpaired) electrons. The Bertz CT molecular complexity index is 1380. The molecule has 4 aromatic heterocycles. The summed E-state index contributed by atoms with van der Waals surface area (Å²) in [5, 5.41) is 12.6. The molecule has 0 bridgehead atoms. The predicted molar refractivity (Wildman–Crippen MR) is 109 cm³/mol. The smallest absolute Gasteiger partial charge is 0.258 e. The minimum atomic E-state index is -0.0403. The van der Waals surface area contributed by atoms with Gasteiger partial charge in [0.1, 0.15) is 0 Å². The number of hydrogen-bond acceptors (Lipinski definition) is 6. The van der Waals surface area contributed by atoms with E-state index in [2.05, 4.69) is 38.6 Å². The van der Waals surface area contributed by atoms with Gasteiger partial charge in [-0.2, -0.15) is 0 Å². The van der Waals surface area contributed by atoms with Crippen LogP contribution in [-0.4, -0.2) is 24.0 Å². The molecule has 1 aromatic carbocycles. The molecule has 134 valence electrons. The molecule has 0 aliphatic heterocycles. The molecule has 5 aromatic rings.